The zero-order valence-corrected chi connectivity index (χ0v) is 11.7. The lowest BCUT2D eigenvalue weighted by Gasteiger charge is -2.40. The Bertz CT molecular complexity index is 598. The fourth-order valence-corrected chi connectivity index (χ4v) is 3.36. The maximum atomic E-state index is 12.2. The van der Waals surface area contributed by atoms with Crippen molar-refractivity contribution in [3.8, 4) is 0 Å². The Balaban J connectivity index is 1.69. The van der Waals surface area contributed by atoms with Gasteiger partial charge in [0.2, 0.25) is 0 Å². The molecule has 1 amide bonds. The molecule has 0 saturated heterocycles. The summed E-state index contributed by atoms with van der Waals surface area (Å²) in [6, 6.07) is 5.55. The third-order valence-electron chi connectivity index (χ3n) is 3.95. The van der Waals surface area contributed by atoms with Gasteiger partial charge in [-0.15, -0.1) is 0 Å². The molecule has 4 nitrogen and oxygen atoms in total. The molecule has 1 aromatic carbocycles. The first-order valence-corrected chi connectivity index (χ1v) is 7.71. The van der Waals surface area contributed by atoms with Gasteiger partial charge in [0, 0.05) is 16.9 Å². The maximum Gasteiger partial charge on any atom is 0.251 e. The molecule has 0 unspecified atom stereocenters. The summed E-state index contributed by atoms with van der Waals surface area (Å²) in [4.78, 5) is 19.3. The van der Waals surface area contributed by atoms with Crippen LogP contribution in [0, 0.1) is 0 Å². The minimum absolute atomic E-state index is 0.00294. The van der Waals surface area contributed by atoms with E-state index in [0.29, 0.717) is 5.56 Å². The average molecular weight is 275 g/mol. The van der Waals surface area contributed by atoms with Gasteiger partial charge in [0.1, 0.15) is 0 Å². The van der Waals surface area contributed by atoms with Crippen molar-refractivity contribution in [2.75, 3.05) is 12.8 Å². The van der Waals surface area contributed by atoms with E-state index in [4.69, 9.17) is 0 Å². The summed E-state index contributed by atoms with van der Waals surface area (Å²) in [5.74, 6) is -0.00294. The van der Waals surface area contributed by atoms with Gasteiger partial charge in [0.15, 0.2) is 0 Å². The summed E-state index contributed by atoms with van der Waals surface area (Å²) in [5.41, 5.74) is 2.47. The molecule has 0 aliphatic heterocycles. The van der Waals surface area contributed by atoms with E-state index >= 15 is 0 Å². The van der Waals surface area contributed by atoms with Gasteiger partial charge in [-0.2, -0.15) is 11.8 Å². The third kappa shape index (κ3) is 2.34. The first-order chi connectivity index (χ1) is 9.22. The number of nitrogens with zero attached hydrogens (tertiary/aromatic N) is 1. The molecule has 1 heterocycles. The van der Waals surface area contributed by atoms with Crippen molar-refractivity contribution in [2.45, 2.75) is 24.0 Å². The van der Waals surface area contributed by atoms with E-state index in [1.807, 2.05) is 30.0 Å². The Morgan fingerprint density at radius 3 is 3.05 bits per heavy atom. The molecule has 19 heavy (non-hydrogen) atoms. The number of nitrogens with one attached hydrogen (secondary N) is 2. The summed E-state index contributed by atoms with van der Waals surface area (Å²) < 4.78 is 0.272. The number of hydrogen-bond acceptors (Lipinski definition) is 3. The number of carbonyl (C=O) groups excluding carboxylic acids is 1. The topological polar surface area (TPSA) is 57.8 Å². The lowest BCUT2D eigenvalue weighted by atomic mass is 9.84. The molecule has 0 atom stereocenters. The molecule has 1 aliphatic carbocycles. The number of aromatic amines is 1. The van der Waals surface area contributed by atoms with Gasteiger partial charge in [-0.05, 0) is 37.3 Å². The van der Waals surface area contributed by atoms with Gasteiger partial charge in [-0.25, -0.2) is 4.98 Å². The van der Waals surface area contributed by atoms with Crippen molar-refractivity contribution in [1.82, 2.24) is 15.3 Å². The van der Waals surface area contributed by atoms with Crippen LogP contribution in [-0.4, -0.2) is 33.4 Å². The molecule has 2 aromatic rings. The zero-order chi connectivity index (χ0) is 13.3. The molecule has 3 rings (SSSR count). The average Bonchev–Trinajstić information content (AvgIpc) is 2.84. The van der Waals surface area contributed by atoms with Gasteiger partial charge in [-0.1, -0.05) is 6.42 Å². The second kappa shape index (κ2) is 4.89. The van der Waals surface area contributed by atoms with Crippen molar-refractivity contribution in [3.05, 3.63) is 30.1 Å². The monoisotopic (exact) mass is 275 g/mol. The van der Waals surface area contributed by atoms with Crippen LogP contribution in [0.4, 0.5) is 0 Å². The molecule has 100 valence electrons. The summed E-state index contributed by atoms with van der Waals surface area (Å²) in [6.45, 7) is 0.758. The second-order valence-electron chi connectivity index (χ2n) is 5.06. The van der Waals surface area contributed by atoms with Crippen LogP contribution >= 0.6 is 11.8 Å². The molecule has 1 saturated carbocycles. The van der Waals surface area contributed by atoms with Gasteiger partial charge in [0.25, 0.3) is 5.91 Å². The fraction of sp³-hybridized carbons (Fsp3) is 0.429. The van der Waals surface area contributed by atoms with Crippen LogP contribution in [0.25, 0.3) is 11.0 Å². The molecule has 5 heteroatoms. The van der Waals surface area contributed by atoms with Crippen molar-refractivity contribution in [3.63, 3.8) is 0 Å². The van der Waals surface area contributed by atoms with Crippen LogP contribution in [0.15, 0.2) is 24.5 Å². The molecule has 0 bridgehead atoms. The standard InChI is InChI=1S/C14H17N3OS/c1-19-14(5-2-6-14)8-15-13(18)10-3-4-11-12(7-10)17-9-16-11/h3-4,7,9H,2,5-6,8H2,1H3,(H,15,18)(H,16,17). The van der Waals surface area contributed by atoms with E-state index in [2.05, 4.69) is 21.5 Å². The Morgan fingerprint density at radius 2 is 2.37 bits per heavy atom. The summed E-state index contributed by atoms with van der Waals surface area (Å²) in [5, 5.41) is 3.06. The minimum atomic E-state index is -0.00294. The number of amides is 1. The first-order valence-electron chi connectivity index (χ1n) is 6.49. The predicted octanol–water partition coefficient (Wildman–Crippen LogP) is 2.58. The van der Waals surface area contributed by atoms with Gasteiger partial charge in [-0.3, -0.25) is 4.79 Å². The molecule has 1 aliphatic rings. The number of benzene rings is 1. The quantitative estimate of drug-likeness (QED) is 0.901. The molecule has 1 aromatic heterocycles. The van der Waals surface area contributed by atoms with Crippen molar-refractivity contribution < 1.29 is 4.79 Å². The zero-order valence-electron chi connectivity index (χ0n) is 10.9. The molecule has 2 N–H and O–H groups in total. The van der Waals surface area contributed by atoms with E-state index in [1.54, 1.807) is 6.33 Å². The van der Waals surface area contributed by atoms with Crippen molar-refractivity contribution in [2.24, 2.45) is 0 Å². The summed E-state index contributed by atoms with van der Waals surface area (Å²) in [7, 11) is 0. The number of H-pyrrole nitrogens is 1. The number of carbonyl (C=O) groups is 1. The SMILES string of the molecule is CSC1(CNC(=O)c2ccc3nc[nH]c3c2)CCC1. The first kappa shape index (κ1) is 12.5. The van der Waals surface area contributed by atoms with E-state index < -0.39 is 0 Å². The van der Waals surface area contributed by atoms with E-state index in [-0.39, 0.29) is 10.7 Å². The highest BCUT2D eigenvalue weighted by molar-refractivity contribution is 8.00. The van der Waals surface area contributed by atoms with Crippen LogP contribution < -0.4 is 5.32 Å². The van der Waals surface area contributed by atoms with Crippen molar-refractivity contribution in [1.29, 1.82) is 0 Å². The highest BCUT2D eigenvalue weighted by atomic mass is 32.2. The molecule has 1 fully saturated rings. The van der Waals surface area contributed by atoms with Crippen LogP contribution in [0.5, 0.6) is 0 Å². The summed E-state index contributed by atoms with van der Waals surface area (Å²) in [6.07, 6.45) is 7.45. The highest BCUT2D eigenvalue weighted by Gasteiger charge is 2.36. The van der Waals surface area contributed by atoms with Gasteiger partial charge >= 0.3 is 0 Å². The number of aromatic nitrogens is 2. The molecule has 0 radical (unpaired) electrons. The lowest BCUT2D eigenvalue weighted by molar-refractivity contribution is 0.0944. The van der Waals surface area contributed by atoms with Gasteiger partial charge < -0.3 is 10.3 Å². The minimum Gasteiger partial charge on any atom is -0.351 e. The smallest absolute Gasteiger partial charge is 0.251 e. The van der Waals surface area contributed by atoms with Crippen LogP contribution in [0.3, 0.4) is 0 Å². The Kier molecular flexibility index (Phi) is 3.22. The molecular formula is C14H17N3OS. The molecular weight excluding hydrogens is 258 g/mol. The largest absolute Gasteiger partial charge is 0.351 e. The normalized spacial score (nSPS) is 17.1. The van der Waals surface area contributed by atoms with Crippen LogP contribution in [-0.2, 0) is 0 Å². The number of thioether (sulfide) groups is 1. The van der Waals surface area contributed by atoms with Crippen LogP contribution in [0.2, 0.25) is 0 Å². The number of imidazole rings is 1. The van der Waals surface area contributed by atoms with E-state index in [9.17, 15) is 4.79 Å². The highest BCUT2D eigenvalue weighted by Crippen LogP contribution is 2.42. The number of fused-ring (bicyclic) bond motifs is 1. The number of rotatable bonds is 4. The fourth-order valence-electron chi connectivity index (χ4n) is 2.44. The van der Waals surface area contributed by atoms with E-state index in [0.717, 1.165) is 17.6 Å². The Hall–Kier alpha value is -1.49. The number of hydrogen-bond donors (Lipinski definition) is 2. The van der Waals surface area contributed by atoms with Crippen molar-refractivity contribution >= 4 is 28.7 Å². The lowest BCUT2D eigenvalue weighted by Crippen LogP contribution is -2.45. The summed E-state index contributed by atoms with van der Waals surface area (Å²) >= 11 is 1.87. The molecule has 0 spiro atoms. The third-order valence-corrected chi connectivity index (χ3v) is 5.37. The Labute approximate surface area is 116 Å². The van der Waals surface area contributed by atoms with E-state index in [1.165, 1.54) is 19.3 Å². The maximum absolute atomic E-state index is 12.2. The van der Waals surface area contributed by atoms with Crippen LogP contribution in [0.1, 0.15) is 29.6 Å². The van der Waals surface area contributed by atoms with Gasteiger partial charge in [0.05, 0.1) is 17.4 Å². The Morgan fingerprint density at radius 1 is 1.53 bits per heavy atom. The second-order valence-corrected chi connectivity index (χ2v) is 6.33. The predicted molar refractivity (Wildman–Crippen MR) is 78.5 cm³/mol.